The molecule has 0 saturated carbocycles. The largest absolute Gasteiger partial charge is 0.493 e. The lowest BCUT2D eigenvalue weighted by molar-refractivity contribution is 0.0764. The zero-order chi connectivity index (χ0) is 14.6. The molecule has 2 N–H and O–H groups in total. The van der Waals surface area contributed by atoms with Crippen LogP contribution in [-0.4, -0.2) is 30.0 Å². The third-order valence-electron chi connectivity index (χ3n) is 2.77. The van der Waals surface area contributed by atoms with Crippen molar-refractivity contribution in [2.75, 3.05) is 13.7 Å². The van der Waals surface area contributed by atoms with Gasteiger partial charge in [0.05, 0.1) is 19.3 Å². The highest BCUT2D eigenvalue weighted by molar-refractivity contribution is 5.45. The Hall–Kier alpha value is -1.33. The maximum atomic E-state index is 14.0. The van der Waals surface area contributed by atoms with Crippen LogP contribution < -0.4 is 9.47 Å². The van der Waals surface area contributed by atoms with Gasteiger partial charge in [0.1, 0.15) is 0 Å². The molecule has 4 nitrogen and oxygen atoms in total. The second-order valence-electron chi connectivity index (χ2n) is 4.81. The van der Waals surface area contributed by atoms with Crippen LogP contribution >= 0.6 is 0 Å². The maximum absolute atomic E-state index is 14.0. The van der Waals surface area contributed by atoms with Crippen LogP contribution in [0.4, 0.5) is 4.39 Å². The van der Waals surface area contributed by atoms with E-state index in [0.717, 1.165) is 0 Å². The third-order valence-corrected chi connectivity index (χ3v) is 2.77. The van der Waals surface area contributed by atoms with E-state index in [9.17, 15) is 9.50 Å². The van der Waals surface area contributed by atoms with Crippen LogP contribution in [-0.2, 0) is 0 Å². The van der Waals surface area contributed by atoms with Gasteiger partial charge in [-0.3, -0.25) is 0 Å². The first-order valence-electron chi connectivity index (χ1n) is 6.23. The van der Waals surface area contributed by atoms with Crippen molar-refractivity contribution in [2.45, 2.75) is 33.0 Å². The molecule has 1 aromatic rings. The predicted octanol–water partition coefficient (Wildman–Crippen LogP) is 2.28. The van der Waals surface area contributed by atoms with E-state index in [-0.39, 0.29) is 30.1 Å². The Morgan fingerprint density at radius 3 is 2.37 bits per heavy atom. The summed E-state index contributed by atoms with van der Waals surface area (Å²) in [5.74, 6) is -0.716. The summed E-state index contributed by atoms with van der Waals surface area (Å²) in [6.45, 7) is 5.06. The number of benzene rings is 1. The zero-order valence-corrected chi connectivity index (χ0v) is 11.7. The lowest BCUT2D eigenvalue weighted by atomic mass is 9.97. The van der Waals surface area contributed by atoms with Crippen molar-refractivity contribution in [1.29, 1.82) is 0 Å². The molecule has 0 aliphatic rings. The molecule has 0 aliphatic carbocycles. The Kier molecular flexibility index (Phi) is 5.57. The molecule has 19 heavy (non-hydrogen) atoms. The van der Waals surface area contributed by atoms with Gasteiger partial charge in [0.25, 0.3) is 0 Å². The molecule has 2 atom stereocenters. The Balaban J connectivity index is 3.15. The van der Waals surface area contributed by atoms with E-state index in [4.69, 9.17) is 14.6 Å². The number of hydrogen-bond acceptors (Lipinski definition) is 4. The van der Waals surface area contributed by atoms with Crippen LogP contribution in [0.3, 0.4) is 0 Å². The molecule has 0 saturated heterocycles. The number of aliphatic hydroxyl groups excluding tert-OH is 2. The molecular weight excluding hydrogens is 251 g/mol. The molecule has 0 aromatic heterocycles. The van der Waals surface area contributed by atoms with E-state index >= 15 is 0 Å². The Bertz CT molecular complexity index is 420. The number of aliphatic hydroxyl groups is 2. The highest BCUT2D eigenvalue weighted by Crippen LogP contribution is 2.35. The molecule has 0 fully saturated rings. The highest BCUT2D eigenvalue weighted by atomic mass is 19.1. The van der Waals surface area contributed by atoms with Crippen molar-refractivity contribution in [1.82, 2.24) is 0 Å². The van der Waals surface area contributed by atoms with Gasteiger partial charge in [-0.05, 0) is 31.5 Å². The molecule has 0 aliphatic heterocycles. The van der Waals surface area contributed by atoms with Gasteiger partial charge in [0, 0.05) is 12.5 Å². The number of halogens is 1. The van der Waals surface area contributed by atoms with E-state index in [1.165, 1.54) is 19.2 Å². The molecule has 0 heterocycles. The van der Waals surface area contributed by atoms with E-state index in [1.54, 1.807) is 20.8 Å². The molecule has 0 radical (unpaired) electrons. The smallest absolute Gasteiger partial charge is 0.197 e. The average molecular weight is 272 g/mol. The zero-order valence-electron chi connectivity index (χ0n) is 11.7. The number of hydrogen-bond donors (Lipinski definition) is 2. The van der Waals surface area contributed by atoms with Crippen LogP contribution in [0.2, 0.25) is 0 Å². The molecule has 5 heteroatoms. The minimum Gasteiger partial charge on any atom is -0.493 e. The normalized spacial score (nSPS) is 14.3. The van der Waals surface area contributed by atoms with Crippen molar-refractivity contribution in [3.05, 3.63) is 23.5 Å². The fraction of sp³-hybridized carbons (Fsp3) is 0.571. The second kappa shape index (κ2) is 6.73. The molecule has 0 spiro atoms. The molecular formula is C14H21FO4. The van der Waals surface area contributed by atoms with Crippen molar-refractivity contribution in [3.63, 3.8) is 0 Å². The SMILES string of the molecule is COc1cc([C@@H](O)[C@H](C)CO)cc(F)c1OC(C)C. The van der Waals surface area contributed by atoms with Crippen LogP contribution in [0, 0.1) is 11.7 Å². The number of methoxy groups -OCH3 is 1. The third kappa shape index (κ3) is 3.81. The molecule has 108 valence electrons. The van der Waals surface area contributed by atoms with Gasteiger partial charge in [-0.2, -0.15) is 0 Å². The van der Waals surface area contributed by atoms with Gasteiger partial charge < -0.3 is 19.7 Å². The number of rotatable bonds is 6. The summed E-state index contributed by atoms with van der Waals surface area (Å²) < 4.78 is 24.5. The van der Waals surface area contributed by atoms with Gasteiger partial charge in [-0.15, -0.1) is 0 Å². The molecule has 1 aromatic carbocycles. The summed E-state index contributed by atoms with van der Waals surface area (Å²) in [6.07, 6.45) is -1.14. The molecule has 1 rings (SSSR count). The fourth-order valence-electron chi connectivity index (χ4n) is 1.69. The van der Waals surface area contributed by atoms with Gasteiger partial charge >= 0.3 is 0 Å². The maximum Gasteiger partial charge on any atom is 0.197 e. The van der Waals surface area contributed by atoms with Crippen LogP contribution in [0.25, 0.3) is 0 Å². The Morgan fingerprint density at radius 1 is 1.26 bits per heavy atom. The van der Waals surface area contributed by atoms with Crippen molar-refractivity contribution < 1.29 is 24.1 Å². The molecule has 0 amide bonds. The van der Waals surface area contributed by atoms with Gasteiger partial charge in [-0.1, -0.05) is 6.92 Å². The average Bonchev–Trinajstić information content (AvgIpc) is 2.38. The first-order chi connectivity index (χ1) is 8.90. The first kappa shape index (κ1) is 15.7. The standard InChI is InChI=1S/C14H21FO4/c1-8(2)19-14-11(15)5-10(6-12(14)18-4)13(17)9(3)7-16/h5-6,8-9,13,16-17H,7H2,1-4H3/t9-,13+/m1/s1. The van der Waals surface area contributed by atoms with Crippen LogP contribution in [0.1, 0.15) is 32.4 Å². The predicted molar refractivity (Wildman–Crippen MR) is 69.9 cm³/mol. The monoisotopic (exact) mass is 272 g/mol. The highest BCUT2D eigenvalue weighted by Gasteiger charge is 2.21. The summed E-state index contributed by atoms with van der Waals surface area (Å²) in [6, 6.07) is 2.73. The minimum absolute atomic E-state index is 0.0325. The quantitative estimate of drug-likeness (QED) is 0.834. The Morgan fingerprint density at radius 2 is 1.89 bits per heavy atom. The van der Waals surface area contributed by atoms with Gasteiger partial charge in [0.2, 0.25) is 0 Å². The lowest BCUT2D eigenvalue weighted by Gasteiger charge is -2.20. The lowest BCUT2D eigenvalue weighted by Crippen LogP contribution is -2.14. The fourth-order valence-corrected chi connectivity index (χ4v) is 1.69. The van der Waals surface area contributed by atoms with E-state index in [0.29, 0.717) is 5.56 Å². The van der Waals surface area contributed by atoms with Crippen molar-refractivity contribution in [3.8, 4) is 11.5 Å². The summed E-state index contributed by atoms with van der Waals surface area (Å²) in [5.41, 5.74) is 0.354. The van der Waals surface area contributed by atoms with Gasteiger partial charge in [-0.25, -0.2) is 4.39 Å². The summed E-state index contributed by atoms with van der Waals surface area (Å²) in [5, 5.41) is 19.0. The van der Waals surface area contributed by atoms with Crippen molar-refractivity contribution in [2.24, 2.45) is 5.92 Å². The van der Waals surface area contributed by atoms with E-state index < -0.39 is 11.9 Å². The number of ether oxygens (including phenoxy) is 2. The molecule has 0 bridgehead atoms. The summed E-state index contributed by atoms with van der Waals surface area (Å²) in [7, 11) is 1.41. The first-order valence-corrected chi connectivity index (χ1v) is 6.23. The summed E-state index contributed by atoms with van der Waals surface area (Å²) in [4.78, 5) is 0. The van der Waals surface area contributed by atoms with Crippen molar-refractivity contribution >= 4 is 0 Å². The molecule has 0 unspecified atom stereocenters. The summed E-state index contributed by atoms with van der Waals surface area (Å²) >= 11 is 0. The Labute approximate surface area is 112 Å². The topological polar surface area (TPSA) is 58.9 Å². The van der Waals surface area contributed by atoms with E-state index in [2.05, 4.69) is 0 Å². The minimum atomic E-state index is -0.957. The van der Waals surface area contributed by atoms with E-state index in [1.807, 2.05) is 0 Å². The second-order valence-corrected chi connectivity index (χ2v) is 4.81. The van der Waals surface area contributed by atoms with Crippen LogP contribution in [0.5, 0.6) is 11.5 Å². The van der Waals surface area contributed by atoms with Gasteiger partial charge in [0.15, 0.2) is 17.3 Å². The van der Waals surface area contributed by atoms with Crippen LogP contribution in [0.15, 0.2) is 12.1 Å².